The second kappa shape index (κ2) is 4.69. The van der Waals surface area contributed by atoms with Gasteiger partial charge < -0.3 is 11.1 Å². The number of benzene rings is 1. The largest absolute Gasteiger partial charge is 0.366 e. The van der Waals surface area contributed by atoms with Crippen molar-refractivity contribution in [2.45, 2.75) is 6.54 Å². The number of hydrogen-bond acceptors (Lipinski definition) is 4. The highest BCUT2D eigenvalue weighted by Gasteiger charge is 2.06. The second-order valence-corrected chi connectivity index (χ2v) is 3.65. The van der Waals surface area contributed by atoms with Crippen LogP contribution < -0.4 is 11.1 Å². The lowest BCUT2D eigenvalue weighted by molar-refractivity contribution is 0.695. The first-order valence-electron chi connectivity index (χ1n) is 5.32. The molecule has 2 aromatic rings. The quantitative estimate of drug-likeness (QED) is 0.835. The van der Waals surface area contributed by atoms with Crippen LogP contribution in [0.5, 0.6) is 0 Å². The van der Waals surface area contributed by atoms with E-state index in [4.69, 9.17) is 5.73 Å². The molecule has 0 radical (unpaired) electrons. The smallest absolute Gasteiger partial charge is 0.241 e. The molecule has 5 heteroatoms. The van der Waals surface area contributed by atoms with Crippen molar-refractivity contribution in [3.8, 4) is 0 Å². The van der Waals surface area contributed by atoms with Crippen LogP contribution in [0.2, 0.25) is 0 Å². The zero-order valence-corrected chi connectivity index (χ0v) is 9.72. The van der Waals surface area contributed by atoms with Gasteiger partial charge in [-0.25, -0.2) is 4.68 Å². The van der Waals surface area contributed by atoms with Crippen molar-refractivity contribution in [1.29, 1.82) is 0 Å². The Balaban J connectivity index is 2.21. The highest BCUT2D eigenvalue weighted by molar-refractivity contribution is 5.47. The summed E-state index contributed by atoms with van der Waals surface area (Å²) in [6.45, 7) is 4.36. The van der Waals surface area contributed by atoms with Crippen molar-refractivity contribution in [2.24, 2.45) is 0 Å². The van der Waals surface area contributed by atoms with Crippen molar-refractivity contribution < 1.29 is 0 Å². The van der Waals surface area contributed by atoms with Crippen LogP contribution >= 0.6 is 0 Å². The summed E-state index contributed by atoms with van der Waals surface area (Å²) in [5.74, 6) is 0.937. The minimum atomic E-state index is 0.275. The minimum absolute atomic E-state index is 0.275. The molecule has 0 aliphatic heterocycles. The molecule has 88 valence electrons. The first-order valence-corrected chi connectivity index (χ1v) is 5.32. The fourth-order valence-electron chi connectivity index (χ4n) is 1.59. The summed E-state index contributed by atoms with van der Waals surface area (Å²) in [5, 5.41) is 7.07. The molecule has 0 aliphatic carbocycles. The standard InChI is InChI=1S/C12H15N5/c1-3-9-4-6-10(7-5-9)8-17-12(14-2)15-11(13)16-17/h3-7H,1,8H2,2H3,(H3,13,14,15,16). The van der Waals surface area contributed by atoms with E-state index in [2.05, 4.69) is 22.0 Å². The van der Waals surface area contributed by atoms with Gasteiger partial charge in [0.2, 0.25) is 11.9 Å². The van der Waals surface area contributed by atoms with E-state index in [9.17, 15) is 0 Å². The number of nitrogens with zero attached hydrogens (tertiary/aromatic N) is 3. The topological polar surface area (TPSA) is 68.8 Å². The highest BCUT2D eigenvalue weighted by atomic mass is 15.4. The van der Waals surface area contributed by atoms with Crippen LogP contribution in [0.3, 0.4) is 0 Å². The summed E-state index contributed by atoms with van der Waals surface area (Å²) in [6.07, 6.45) is 1.82. The maximum absolute atomic E-state index is 5.56. The van der Waals surface area contributed by atoms with E-state index >= 15 is 0 Å². The molecule has 3 N–H and O–H groups in total. The zero-order chi connectivity index (χ0) is 12.3. The molecule has 0 saturated carbocycles. The van der Waals surface area contributed by atoms with Crippen molar-refractivity contribution in [3.63, 3.8) is 0 Å². The molecule has 1 aromatic heterocycles. The molecular formula is C12H15N5. The Hall–Kier alpha value is -2.30. The van der Waals surface area contributed by atoms with Crippen molar-refractivity contribution in [2.75, 3.05) is 18.1 Å². The SMILES string of the molecule is C=Cc1ccc(Cn2nc(N)nc2NC)cc1. The van der Waals surface area contributed by atoms with E-state index in [1.54, 1.807) is 11.7 Å². The fourth-order valence-corrected chi connectivity index (χ4v) is 1.59. The van der Waals surface area contributed by atoms with E-state index in [1.165, 1.54) is 0 Å². The Morgan fingerprint density at radius 3 is 2.71 bits per heavy atom. The van der Waals surface area contributed by atoms with Crippen LogP contribution in [-0.4, -0.2) is 21.8 Å². The van der Waals surface area contributed by atoms with Crippen molar-refractivity contribution >= 4 is 18.0 Å². The summed E-state index contributed by atoms with van der Waals surface area (Å²) in [6, 6.07) is 8.10. The summed E-state index contributed by atoms with van der Waals surface area (Å²) < 4.78 is 1.73. The molecule has 0 spiro atoms. The van der Waals surface area contributed by atoms with Gasteiger partial charge >= 0.3 is 0 Å². The zero-order valence-electron chi connectivity index (χ0n) is 9.72. The van der Waals surface area contributed by atoms with E-state index in [0.717, 1.165) is 11.1 Å². The van der Waals surface area contributed by atoms with Crippen molar-refractivity contribution in [1.82, 2.24) is 14.8 Å². The predicted octanol–water partition coefficient (Wildman–Crippen LogP) is 1.59. The normalized spacial score (nSPS) is 10.2. The van der Waals surface area contributed by atoms with Crippen LogP contribution in [0.1, 0.15) is 11.1 Å². The fraction of sp³-hybridized carbons (Fsp3) is 0.167. The lowest BCUT2D eigenvalue weighted by Gasteiger charge is -2.05. The van der Waals surface area contributed by atoms with Gasteiger partial charge in [0.1, 0.15) is 0 Å². The summed E-state index contributed by atoms with van der Waals surface area (Å²) in [7, 11) is 1.79. The third-order valence-corrected chi connectivity index (χ3v) is 2.46. The Morgan fingerprint density at radius 2 is 2.12 bits per heavy atom. The molecule has 0 saturated heterocycles. The molecule has 0 bridgehead atoms. The average molecular weight is 229 g/mol. The molecule has 0 atom stereocenters. The Labute approximate surface area is 100.0 Å². The molecular weight excluding hydrogens is 214 g/mol. The number of hydrogen-bond donors (Lipinski definition) is 2. The molecule has 0 amide bonds. The Morgan fingerprint density at radius 1 is 1.41 bits per heavy atom. The summed E-state index contributed by atoms with van der Waals surface area (Å²) >= 11 is 0. The van der Waals surface area contributed by atoms with Crippen LogP contribution in [0, 0.1) is 0 Å². The molecule has 1 aromatic carbocycles. The summed E-state index contributed by atoms with van der Waals surface area (Å²) in [4.78, 5) is 4.06. The third-order valence-electron chi connectivity index (χ3n) is 2.46. The molecule has 2 rings (SSSR count). The monoisotopic (exact) mass is 229 g/mol. The molecule has 0 unspecified atom stereocenters. The van der Waals surface area contributed by atoms with Gasteiger partial charge in [-0.3, -0.25) is 0 Å². The predicted molar refractivity (Wildman–Crippen MR) is 69.6 cm³/mol. The molecule has 17 heavy (non-hydrogen) atoms. The first-order chi connectivity index (χ1) is 8.22. The van der Waals surface area contributed by atoms with Gasteiger partial charge in [0, 0.05) is 7.05 Å². The van der Waals surface area contributed by atoms with E-state index in [-0.39, 0.29) is 5.95 Å². The van der Waals surface area contributed by atoms with Gasteiger partial charge in [0.25, 0.3) is 0 Å². The number of nitrogens with two attached hydrogens (primary N) is 1. The van der Waals surface area contributed by atoms with Gasteiger partial charge in [-0.05, 0) is 11.1 Å². The first kappa shape index (κ1) is 11.2. The average Bonchev–Trinajstić information content (AvgIpc) is 2.70. The van der Waals surface area contributed by atoms with E-state index < -0.39 is 0 Å². The lowest BCUT2D eigenvalue weighted by atomic mass is 10.1. The van der Waals surface area contributed by atoms with Gasteiger partial charge in [-0.1, -0.05) is 36.9 Å². The lowest BCUT2D eigenvalue weighted by Crippen LogP contribution is -2.06. The maximum Gasteiger partial charge on any atom is 0.241 e. The molecule has 5 nitrogen and oxygen atoms in total. The number of nitrogen functional groups attached to an aromatic ring is 1. The number of nitrogens with one attached hydrogen (secondary N) is 1. The second-order valence-electron chi connectivity index (χ2n) is 3.65. The maximum atomic E-state index is 5.56. The van der Waals surface area contributed by atoms with Crippen LogP contribution in [0.25, 0.3) is 6.08 Å². The van der Waals surface area contributed by atoms with Gasteiger partial charge in [-0.15, -0.1) is 5.10 Å². The van der Waals surface area contributed by atoms with Gasteiger partial charge in [0.05, 0.1) is 6.54 Å². The van der Waals surface area contributed by atoms with Crippen LogP contribution in [0.4, 0.5) is 11.9 Å². The Bertz CT molecular complexity index is 512. The van der Waals surface area contributed by atoms with Gasteiger partial charge in [-0.2, -0.15) is 4.98 Å². The van der Waals surface area contributed by atoms with Crippen LogP contribution in [0.15, 0.2) is 30.8 Å². The van der Waals surface area contributed by atoms with E-state index in [0.29, 0.717) is 12.5 Å². The van der Waals surface area contributed by atoms with Crippen LogP contribution in [-0.2, 0) is 6.54 Å². The molecule has 0 fully saturated rings. The molecule has 1 heterocycles. The van der Waals surface area contributed by atoms with E-state index in [1.807, 2.05) is 30.3 Å². The number of anilines is 2. The Kier molecular flexibility index (Phi) is 3.09. The third kappa shape index (κ3) is 2.44. The highest BCUT2D eigenvalue weighted by Crippen LogP contribution is 2.11. The minimum Gasteiger partial charge on any atom is -0.366 e. The van der Waals surface area contributed by atoms with Gasteiger partial charge in [0.15, 0.2) is 0 Å². The molecule has 0 aliphatic rings. The van der Waals surface area contributed by atoms with Crippen molar-refractivity contribution in [3.05, 3.63) is 42.0 Å². The number of rotatable bonds is 4. The number of aromatic nitrogens is 3. The summed E-state index contributed by atoms with van der Waals surface area (Å²) in [5.41, 5.74) is 7.79.